The van der Waals surface area contributed by atoms with Crippen molar-refractivity contribution < 1.29 is 19.4 Å². The van der Waals surface area contributed by atoms with Gasteiger partial charge in [0.15, 0.2) is 23.2 Å². The van der Waals surface area contributed by atoms with Crippen molar-refractivity contribution in [2.75, 3.05) is 13.2 Å². The van der Waals surface area contributed by atoms with Crippen LogP contribution in [0.1, 0.15) is 12.5 Å². The van der Waals surface area contributed by atoms with Crippen molar-refractivity contribution in [3.63, 3.8) is 0 Å². The molecule has 20 heavy (non-hydrogen) atoms. The molecule has 0 aliphatic carbocycles. The summed E-state index contributed by atoms with van der Waals surface area (Å²) < 4.78 is 10.6. The van der Waals surface area contributed by atoms with Crippen LogP contribution in [-0.2, 0) is 4.79 Å². The van der Waals surface area contributed by atoms with Gasteiger partial charge in [-0.25, -0.2) is 4.79 Å². The number of thiocarbonyl (C=S) groups is 1. The molecule has 1 aromatic carbocycles. The van der Waals surface area contributed by atoms with Crippen molar-refractivity contribution in [2.45, 2.75) is 6.92 Å². The Kier molecular flexibility index (Phi) is 6.24. The average Bonchev–Trinajstić information content (AvgIpc) is 2.37. The largest absolute Gasteiger partial charge is 0.490 e. The molecule has 8 heteroatoms. The van der Waals surface area contributed by atoms with E-state index in [2.05, 4.69) is 22.7 Å². The summed E-state index contributed by atoms with van der Waals surface area (Å²) in [6, 6.07) is 5.12. The Morgan fingerprint density at radius 2 is 2.30 bits per heavy atom. The van der Waals surface area contributed by atoms with Gasteiger partial charge in [0, 0.05) is 5.56 Å². The molecular formula is C12H15N3O4S. The van der Waals surface area contributed by atoms with E-state index in [-0.39, 0.29) is 5.11 Å². The Balaban J connectivity index is 3.00. The SMILES string of the molecule is CCOc1cccc(C=NNC(N)=S)c1OCC(=O)O. The fraction of sp³-hybridized carbons (Fsp3) is 0.250. The first kappa shape index (κ1) is 15.7. The number of hydrazone groups is 1. The zero-order chi connectivity index (χ0) is 15.0. The van der Waals surface area contributed by atoms with Crippen LogP contribution >= 0.6 is 12.2 Å². The zero-order valence-corrected chi connectivity index (χ0v) is 11.6. The molecular weight excluding hydrogens is 282 g/mol. The highest BCUT2D eigenvalue weighted by molar-refractivity contribution is 7.80. The number of nitrogens with zero attached hydrogens (tertiary/aromatic N) is 1. The Hall–Kier alpha value is -2.35. The van der Waals surface area contributed by atoms with Gasteiger partial charge in [0.1, 0.15) is 0 Å². The Bertz CT molecular complexity index is 519. The number of carboxylic acids is 1. The van der Waals surface area contributed by atoms with Crippen LogP contribution in [0.2, 0.25) is 0 Å². The minimum atomic E-state index is -1.08. The first-order chi connectivity index (χ1) is 9.54. The van der Waals surface area contributed by atoms with Gasteiger partial charge in [0.05, 0.1) is 12.8 Å². The Morgan fingerprint density at radius 3 is 2.90 bits per heavy atom. The fourth-order valence-electron chi connectivity index (χ4n) is 1.36. The van der Waals surface area contributed by atoms with E-state index in [9.17, 15) is 4.79 Å². The van der Waals surface area contributed by atoms with Crippen molar-refractivity contribution in [3.05, 3.63) is 23.8 Å². The Morgan fingerprint density at radius 1 is 1.55 bits per heavy atom. The van der Waals surface area contributed by atoms with Crippen LogP contribution in [0.4, 0.5) is 0 Å². The highest BCUT2D eigenvalue weighted by Crippen LogP contribution is 2.30. The van der Waals surface area contributed by atoms with Crippen LogP contribution in [0.15, 0.2) is 23.3 Å². The van der Waals surface area contributed by atoms with Crippen LogP contribution in [0, 0.1) is 0 Å². The van der Waals surface area contributed by atoms with Crippen LogP contribution in [-0.4, -0.2) is 35.6 Å². The summed E-state index contributed by atoms with van der Waals surface area (Å²) >= 11 is 4.62. The summed E-state index contributed by atoms with van der Waals surface area (Å²) in [6.07, 6.45) is 1.42. The summed E-state index contributed by atoms with van der Waals surface area (Å²) in [5, 5.41) is 12.5. The number of rotatable bonds is 7. The topological polar surface area (TPSA) is 106 Å². The van der Waals surface area contributed by atoms with Crippen molar-refractivity contribution in [3.8, 4) is 11.5 Å². The molecule has 4 N–H and O–H groups in total. The van der Waals surface area contributed by atoms with E-state index in [1.807, 2.05) is 6.92 Å². The summed E-state index contributed by atoms with van der Waals surface area (Å²) in [5.41, 5.74) is 8.19. The zero-order valence-electron chi connectivity index (χ0n) is 10.8. The summed E-state index contributed by atoms with van der Waals surface area (Å²) in [7, 11) is 0. The van der Waals surface area contributed by atoms with Crippen molar-refractivity contribution in [1.82, 2.24) is 5.43 Å². The van der Waals surface area contributed by atoms with Gasteiger partial charge in [-0.05, 0) is 31.3 Å². The molecule has 0 radical (unpaired) electrons. The van der Waals surface area contributed by atoms with Gasteiger partial charge in [0.25, 0.3) is 0 Å². The van der Waals surface area contributed by atoms with E-state index in [0.717, 1.165) is 0 Å². The van der Waals surface area contributed by atoms with Crippen LogP contribution < -0.4 is 20.6 Å². The van der Waals surface area contributed by atoms with Gasteiger partial charge >= 0.3 is 5.97 Å². The number of para-hydroxylation sites is 1. The lowest BCUT2D eigenvalue weighted by Crippen LogP contribution is -2.24. The van der Waals surface area contributed by atoms with Gasteiger partial charge in [-0.2, -0.15) is 5.10 Å². The molecule has 0 bridgehead atoms. The van der Waals surface area contributed by atoms with Gasteiger partial charge in [-0.1, -0.05) is 6.07 Å². The third-order valence-electron chi connectivity index (χ3n) is 2.03. The highest BCUT2D eigenvalue weighted by Gasteiger charge is 2.11. The maximum atomic E-state index is 10.6. The molecule has 1 aromatic rings. The number of nitrogens with two attached hydrogens (primary N) is 1. The van der Waals surface area contributed by atoms with Crippen molar-refractivity contribution in [2.24, 2.45) is 10.8 Å². The van der Waals surface area contributed by atoms with E-state index in [1.54, 1.807) is 18.2 Å². The molecule has 0 aliphatic heterocycles. The molecule has 0 amide bonds. The second kappa shape index (κ2) is 7.95. The number of aliphatic carboxylic acids is 1. The molecule has 0 unspecified atom stereocenters. The third-order valence-corrected chi connectivity index (χ3v) is 2.12. The number of nitrogens with one attached hydrogen (secondary N) is 1. The van der Waals surface area contributed by atoms with E-state index in [0.29, 0.717) is 23.7 Å². The number of carboxylic acid groups (broad SMARTS) is 1. The molecule has 0 heterocycles. The van der Waals surface area contributed by atoms with E-state index in [4.69, 9.17) is 20.3 Å². The van der Waals surface area contributed by atoms with Crippen molar-refractivity contribution >= 4 is 29.5 Å². The van der Waals surface area contributed by atoms with Gasteiger partial charge in [0.2, 0.25) is 0 Å². The predicted octanol–water partition coefficient (Wildman–Crippen LogP) is 0.716. The summed E-state index contributed by atoms with van der Waals surface area (Å²) in [4.78, 5) is 10.6. The van der Waals surface area contributed by atoms with E-state index >= 15 is 0 Å². The smallest absolute Gasteiger partial charge is 0.341 e. The maximum Gasteiger partial charge on any atom is 0.341 e. The minimum Gasteiger partial charge on any atom is -0.490 e. The molecule has 0 saturated heterocycles. The molecule has 0 atom stereocenters. The van der Waals surface area contributed by atoms with E-state index in [1.165, 1.54) is 6.21 Å². The average molecular weight is 297 g/mol. The van der Waals surface area contributed by atoms with Crippen molar-refractivity contribution in [1.29, 1.82) is 0 Å². The normalized spacial score (nSPS) is 10.2. The standard InChI is InChI=1S/C12H15N3O4S/c1-2-18-9-5-3-4-8(6-14-15-12(13)20)11(9)19-7-10(16)17/h3-6H,2,7H2,1H3,(H,16,17)(H3,13,15,20). The van der Waals surface area contributed by atoms with Crippen LogP contribution in [0.25, 0.3) is 0 Å². The number of hydrogen-bond acceptors (Lipinski definition) is 5. The van der Waals surface area contributed by atoms with Gasteiger partial charge in [-0.3, -0.25) is 5.43 Å². The maximum absolute atomic E-state index is 10.6. The lowest BCUT2D eigenvalue weighted by Gasteiger charge is -2.12. The summed E-state index contributed by atoms with van der Waals surface area (Å²) in [6.45, 7) is 1.76. The molecule has 7 nitrogen and oxygen atoms in total. The fourth-order valence-corrected chi connectivity index (χ4v) is 1.41. The number of benzene rings is 1. The molecule has 108 valence electrons. The quantitative estimate of drug-likeness (QED) is 0.387. The molecule has 1 rings (SSSR count). The monoisotopic (exact) mass is 297 g/mol. The number of ether oxygens (including phenoxy) is 2. The minimum absolute atomic E-state index is 0.0233. The molecule has 0 spiro atoms. The first-order valence-electron chi connectivity index (χ1n) is 5.73. The molecule has 0 saturated carbocycles. The first-order valence-corrected chi connectivity index (χ1v) is 6.14. The van der Waals surface area contributed by atoms with Gasteiger partial charge < -0.3 is 20.3 Å². The van der Waals surface area contributed by atoms with Crippen LogP contribution in [0.3, 0.4) is 0 Å². The van der Waals surface area contributed by atoms with E-state index < -0.39 is 12.6 Å². The van der Waals surface area contributed by atoms with Crippen LogP contribution in [0.5, 0.6) is 11.5 Å². The third kappa shape index (κ3) is 5.11. The second-order valence-corrected chi connectivity index (χ2v) is 3.96. The lowest BCUT2D eigenvalue weighted by molar-refractivity contribution is -0.139. The molecule has 0 fully saturated rings. The summed E-state index contributed by atoms with van der Waals surface area (Å²) in [5.74, 6) is -0.348. The molecule has 0 aromatic heterocycles. The second-order valence-electron chi connectivity index (χ2n) is 3.52. The predicted molar refractivity (Wildman–Crippen MR) is 78.3 cm³/mol. The number of carbonyl (C=O) groups is 1. The highest BCUT2D eigenvalue weighted by atomic mass is 32.1. The Labute approximate surface area is 121 Å². The molecule has 0 aliphatic rings. The van der Waals surface area contributed by atoms with Gasteiger partial charge in [-0.15, -0.1) is 0 Å². The number of hydrogen-bond donors (Lipinski definition) is 3. The lowest BCUT2D eigenvalue weighted by atomic mass is 10.2.